The van der Waals surface area contributed by atoms with Gasteiger partial charge in [0.1, 0.15) is 0 Å². The van der Waals surface area contributed by atoms with Crippen LogP contribution in [0.5, 0.6) is 0 Å². The molecule has 2 saturated carbocycles. The number of hydrogen-bond donors (Lipinski definition) is 0. The summed E-state index contributed by atoms with van der Waals surface area (Å²) in [5, 5.41) is 0. The molecule has 58 valence electrons. The monoisotopic (exact) mass is 148 g/mol. The molecule has 1 unspecified atom stereocenters. The highest BCUT2D eigenvalue weighted by Crippen LogP contribution is 2.52. The highest BCUT2D eigenvalue weighted by molar-refractivity contribution is 6.04. The lowest BCUT2D eigenvalue weighted by molar-refractivity contribution is -0.120. The van der Waals surface area contributed by atoms with Gasteiger partial charge in [-0.3, -0.25) is 4.79 Å². The normalized spacial score (nSPS) is 40.5. The highest BCUT2D eigenvalue weighted by Gasteiger charge is 2.45. The summed E-state index contributed by atoms with van der Waals surface area (Å²) in [6.07, 6.45) is 6.13. The first-order chi connectivity index (χ1) is 5.36. The number of carbonyl (C=O) groups is 1. The van der Waals surface area contributed by atoms with Crippen LogP contribution in [0.2, 0.25) is 0 Å². The molecule has 0 saturated heterocycles. The molecule has 3 rings (SSSR count). The Labute approximate surface area is 66.5 Å². The van der Waals surface area contributed by atoms with Crippen molar-refractivity contribution in [1.82, 2.24) is 0 Å². The SMILES string of the molecule is O=C1CC2C[C@@H]3CCCC3=C12. The maximum atomic E-state index is 11.2. The van der Waals surface area contributed by atoms with E-state index >= 15 is 0 Å². The quantitative estimate of drug-likeness (QED) is 0.514. The maximum Gasteiger partial charge on any atom is 0.159 e. The van der Waals surface area contributed by atoms with Gasteiger partial charge in [0.15, 0.2) is 5.78 Å². The van der Waals surface area contributed by atoms with Crippen LogP contribution in [0.25, 0.3) is 0 Å². The maximum absolute atomic E-state index is 11.2. The second kappa shape index (κ2) is 1.77. The smallest absolute Gasteiger partial charge is 0.159 e. The zero-order valence-electron chi connectivity index (χ0n) is 6.60. The van der Waals surface area contributed by atoms with E-state index in [0.29, 0.717) is 11.7 Å². The number of fused-ring (bicyclic) bond motifs is 2. The van der Waals surface area contributed by atoms with Crippen LogP contribution in [0.1, 0.15) is 32.1 Å². The molecule has 0 N–H and O–H groups in total. The van der Waals surface area contributed by atoms with E-state index in [9.17, 15) is 4.79 Å². The van der Waals surface area contributed by atoms with E-state index in [-0.39, 0.29) is 0 Å². The van der Waals surface area contributed by atoms with Crippen LogP contribution in [0, 0.1) is 11.8 Å². The predicted molar refractivity (Wildman–Crippen MR) is 42.1 cm³/mol. The van der Waals surface area contributed by atoms with Gasteiger partial charge < -0.3 is 0 Å². The number of carbonyl (C=O) groups excluding carboxylic acids is 1. The molecule has 1 heteroatoms. The van der Waals surface area contributed by atoms with Crippen LogP contribution in [0.3, 0.4) is 0 Å². The van der Waals surface area contributed by atoms with Crippen LogP contribution in [-0.4, -0.2) is 5.78 Å². The summed E-state index contributed by atoms with van der Waals surface area (Å²) in [7, 11) is 0. The van der Waals surface area contributed by atoms with Crippen molar-refractivity contribution in [3.8, 4) is 0 Å². The fourth-order valence-electron chi connectivity index (χ4n) is 3.05. The molecule has 0 spiro atoms. The average Bonchev–Trinajstić information content (AvgIpc) is 2.43. The van der Waals surface area contributed by atoms with Gasteiger partial charge in [-0.2, -0.15) is 0 Å². The van der Waals surface area contributed by atoms with E-state index < -0.39 is 0 Å². The largest absolute Gasteiger partial charge is 0.295 e. The third-order valence-corrected chi connectivity index (χ3v) is 3.55. The van der Waals surface area contributed by atoms with Crippen molar-refractivity contribution in [2.45, 2.75) is 32.1 Å². The number of ketones is 1. The number of allylic oxidation sites excluding steroid dienone is 2. The fraction of sp³-hybridized carbons (Fsp3) is 0.700. The standard InChI is InChI=1S/C10H12O/c11-9-5-7-4-6-2-1-3-8(6)10(7)9/h6-7H,1-5H2/t6-,7?/m0/s1. The molecule has 0 radical (unpaired) electrons. The third kappa shape index (κ3) is 0.597. The van der Waals surface area contributed by atoms with Gasteiger partial charge in [0.25, 0.3) is 0 Å². The van der Waals surface area contributed by atoms with E-state index in [0.717, 1.165) is 12.3 Å². The van der Waals surface area contributed by atoms with Crippen molar-refractivity contribution >= 4 is 5.78 Å². The van der Waals surface area contributed by atoms with Gasteiger partial charge in [-0.25, -0.2) is 0 Å². The molecule has 2 atom stereocenters. The average molecular weight is 148 g/mol. The molecule has 2 fully saturated rings. The Balaban J connectivity index is 2.07. The lowest BCUT2D eigenvalue weighted by atomic mass is 9.78. The predicted octanol–water partition coefficient (Wildman–Crippen LogP) is 2.08. The molecule has 1 nitrogen and oxygen atoms in total. The molecule has 3 aliphatic rings. The summed E-state index contributed by atoms with van der Waals surface area (Å²) < 4.78 is 0. The lowest BCUT2D eigenvalue weighted by Gasteiger charge is -2.24. The summed E-state index contributed by atoms with van der Waals surface area (Å²) in [4.78, 5) is 11.2. The van der Waals surface area contributed by atoms with Gasteiger partial charge in [-0.05, 0) is 43.1 Å². The number of rotatable bonds is 0. The Hall–Kier alpha value is -0.590. The summed E-state index contributed by atoms with van der Waals surface area (Å²) in [6, 6.07) is 0. The van der Waals surface area contributed by atoms with Crippen molar-refractivity contribution in [2.24, 2.45) is 11.8 Å². The van der Waals surface area contributed by atoms with Gasteiger partial charge >= 0.3 is 0 Å². The first kappa shape index (κ1) is 5.99. The molecule has 0 heterocycles. The second-order valence-corrected chi connectivity index (χ2v) is 4.09. The summed E-state index contributed by atoms with van der Waals surface area (Å²) >= 11 is 0. The minimum absolute atomic E-state index is 0.467. The molecule has 11 heavy (non-hydrogen) atoms. The van der Waals surface area contributed by atoms with Crippen LogP contribution in [0.15, 0.2) is 11.1 Å². The zero-order valence-corrected chi connectivity index (χ0v) is 6.60. The van der Waals surface area contributed by atoms with Crippen molar-refractivity contribution < 1.29 is 4.79 Å². The van der Waals surface area contributed by atoms with Gasteiger partial charge in [0.05, 0.1) is 0 Å². The van der Waals surface area contributed by atoms with E-state index in [4.69, 9.17) is 0 Å². The van der Waals surface area contributed by atoms with Crippen LogP contribution in [-0.2, 0) is 4.79 Å². The Kier molecular flexibility index (Phi) is 0.961. The highest BCUT2D eigenvalue weighted by atomic mass is 16.1. The van der Waals surface area contributed by atoms with Crippen LogP contribution < -0.4 is 0 Å². The first-order valence-corrected chi connectivity index (χ1v) is 4.62. The molecule has 3 aliphatic carbocycles. The fourth-order valence-corrected chi connectivity index (χ4v) is 3.05. The van der Waals surface area contributed by atoms with E-state index in [1.165, 1.54) is 31.3 Å². The van der Waals surface area contributed by atoms with Gasteiger partial charge in [0, 0.05) is 6.42 Å². The Morgan fingerprint density at radius 2 is 2.18 bits per heavy atom. The lowest BCUT2D eigenvalue weighted by Crippen LogP contribution is -2.25. The molecule has 0 aliphatic heterocycles. The molecule has 0 aromatic rings. The Morgan fingerprint density at radius 1 is 1.27 bits per heavy atom. The number of hydrogen-bond acceptors (Lipinski definition) is 1. The first-order valence-electron chi connectivity index (χ1n) is 4.62. The molecule has 0 bridgehead atoms. The van der Waals surface area contributed by atoms with Crippen LogP contribution >= 0.6 is 0 Å². The zero-order chi connectivity index (χ0) is 7.42. The topological polar surface area (TPSA) is 17.1 Å². The Morgan fingerprint density at radius 3 is 3.00 bits per heavy atom. The van der Waals surface area contributed by atoms with E-state index in [1.54, 1.807) is 5.57 Å². The molecule has 0 aromatic heterocycles. The van der Waals surface area contributed by atoms with Gasteiger partial charge in [-0.1, -0.05) is 5.57 Å². The minimum atomic E-state index is 0.467. The van der Waals surface area contributed by atoms with E-state index in [1.807, 2.05) is 0 Å². The Bertz CT molecular complexity index is 262. The summed E-state index contributed by atoms with van der Waals surface area (Å²) in [5.41, 5.74) is 2.83. The van der Waals surface area contributed by atoms with Crippen molar-refractivity contribution in [1.29, 1.82) is 0 Å². The second-order valence-electron chi connectivity index (χ2n) is 4.09. The number of Topliss-reactive ketones (excluding diaryl/α,β-unsaturated/α-hetero) is 1. The van der Waals surface area contributed by atoms with Crippen molar-refractivity contribution in [3.05, 3.63) is 11.1 Å². The van der Waals surface area contributed by atoms with Crippen LogP contribution in [0.4, 0.5) is 0 Å². The summed E-state index contributed by atoms with van der Waals surface area (Å²) in [6.45, 7) is 0. The van der Waals surface area contributed by atoms with Gasteiger partial charge in [0.2, 0.25) is 0 Å². The van der Waals surface area contributed by atoms with Gasteiger partial charge in [-0.15, -0.1) is 0 Å². The molecular weight excluding hydrogens is 136 g/mol. The van der Waals surface area contributed by atoms with Crippen molar-refractivity contribution in [3.63, 3.8) is 0 Å². The van der Waals surface area contributed by atoms with E-state index in [2.05, 4.69) is 0 Å². The van der Waals surface area contributed by atoms with Crippen molar-refractivity contribution in [2.75, 3.05) is 0 Å². The molecular formula is C10H12O. The molecule has 0 amide bonds. The third-order valence-electron chi connectivity index (χ3n) is 3.55. The minimum Gasteiger partial charge on any atom is -0.295 e. The molecule has 0 aromatic carbocycles. The summed E-state index contributed by atoms with van der Waals surface area (Å²) in [5.74, 6) is 2.01.